The lowest BCUT2D eigenvalue weighted by Gasteiger charge is -2.11. The average molecular weight is 287 g/mol. The van der Waals surface area contributed by atoms with Gasteiger partial charge in [-0.15, -0.1) is 0 Å². The quantitative estimate of drug-likeness (QED) is 0.215. The molecule has 0 saturated heterocycles. The van der Waals surface area contributed by atoms with Crippen LogP contribution in [0.25, 0.3) is 0 Å². The van der Waals surface area contributed by atoms with Crippen LogP contribution in [-0.2, 0) is 4.84 Å². The first-order valence-corrected chi connectivity index (χ1v) is 3.97. The topological polar surface area (TPSA) is 185 Å². The van der Waals surface area contributed by atoms with Gasteiger partial charge in [0.05, 0.1) is 0 Å². The first-order valence-electron chi connectivity index (χ1n) is 3.97. The molecule has 18 heavy (non-hydrogen) atoms. The van der Waals surface area contributed by atoms with Gasteiger partial charge >= 0.3 is 5.79 Å². The third kappa shape index (κ3) is 2.46. The molecular formula is C4H7ClN6O7. The fraction of sp³-hybridized carbons (Fsp3) is 0.500. The van der Waals surface area contributed by atoms with E-state index in [1.165, 1.54) is 0 Å². The second-order valence-electron chi connectivity index (χ2n) is 2.97. The SMILES string of the molecule is NC1=CN(CC([N+](=O)[O-])([N+](=O)[O-])[N+](=O)[O-])[NH2+]O1.[Cl-]. The van der Waals surface area contributed by atoms with E-state index in [1.54, 1.807) is 0 Å². The Balaban J connectivity index is 0.00000289. The summed E-state index contributed by atoms with van der Waals surface area (Å²) in [4.78, 5) is 31.5. The number of hydrogen-bond acceptors (Lipinski definition) is 9. The zero-order valence-corrected chi connectivity index (χ0v) is 9.22. The van der Waals surface area contributed by atoms with E-state index < -0.39 is 27.1 Å². The van der Waals surface area contributed by atoms with Gasteiger partial charge in [0.1, 0.15) is 6.20 Å². The van der Waals surface area contributed by atoms with Crippen LogP contribution in [0.2, 0.25) is 0 Å². The molecule has 0 bridgehead atoms. The first-order chi connectivity index (χ1) is 7.80. The van der Waals surface area contributed by atoms with Crippen LogP contribution >= 0.6 is 0 Å². The van der Waals surface area contributed by atoms with Crippen LogP contribution < -0.4 is 23.7 Å². The average Bonchev–Trinajstić information content (AvgIpc) is 2.58. The lowest BCUT2D eigenvalue weighted by atomic mass is 10.3. The molecular weight excluding hydrogens is 280 g/mol. The van der Waals surface area contributed by atoms with Crippen molar-refractivity contribution >= 4 is 0 Å². The van der Waals surface area contributed by atoms with Gasteiger partial charge in [-0.2, -0.15) is 5.01 Å². The normalized spacial score (nSPS) is 14.2. The number of nitrogens with two attached hydrogens (primary N) is 2. The molecule has 1 heterocycles. The molecule has 14 heteroatoms. The minimum atomic E-state index is -3.57. The minimum Gasteiger partial charge on any atom is -1.00 e. The maximum absolute atomic E-state index is 10.6. The molecule has 0 aromatic carbocycles. The predicted octanol–water partition coefficient (Wildman–Crippen LogP) is -6.04. The highest BCUT2D eigenvalue weighted by Gasteiger charge is 2.72. The minimum absolute atomic E-state index is 0. The van der Waals surface area contributed by atoms with E-state index in [1.807, 2.05) is 0 Å². The molecule has 0 radical (unpaired) electrons. The zero-order chi connectivity index (χ0) is 13.2. The summed E-state index contributed by atoms with van der Waals surface area (Å²) in [6, 6.07) is 0. The van der Waals surface area contributed by atoms with Crippen molar-refractivity contribution < 1.29 is 37.6 Å². The molecule has 1 aliphatic rings. The smallest absolute Gasteiger partial charge is 0.723 e. The third-order valence-corrected chi connectivity index (χ3v) is 1.89. The molecule has 0 amide bonds. The van der Waals surface area contributed by atoms with Crippen molar-refractivity contribution in [3.63, 3.8) is 0 Å². The van der Waals surface area contributed by atoms with Crippen molar-refractivity contribution in [3.05, 3.63) is 42.4 Å². The highest BCUT2D eigenvalue weighted by molar-refractivity contribution is 4.84. The van der Waals surface area contributed by atoms with Crippen LogP contribution in [0.15, 0.2) is 12.1 Å². The van der Waals surface area contributed by atoms with Gasteiger partial charge in [-0.25, -0.2) is 0 Å². The Kier molecular flexibility index (Phi) is 4.57. The number of nitrogens with zero attached hydrogens (tertiary/aromatic N) is 4. The van der Waals surface area contributed by atoms with Crippen LogP contribution in [0.3, 0.4) is 0 Å². The van der Waals surface area contributed by atoms with Gasteiger partial charge in [-0.3, -0.25) is 35.2 Å². The van der Waals surface area contributed by atoms with Gasteiger partial charge in [0.15, 0.2) is 14.8 Å². The highest BCUT2D eigenvalue weighted by atomic mass is 35.5. The van der Waals surface area contributed by atoms with Crippen molar-refractivity contribution in [2.24, 2.45) is 5.73 Å². The van der Waals surface area contributed by atoms with Crippen molar-refractivity contribution in [1.82, 2.24) is 5.01 Å². The number of halogens is 1. The molecule has 102 valence electrons. The second kappa shape index (κ2) is 5.28. The van der Waals surface area contributed by atoms with E-state index in [9.17, 15) is 30.3 Å². The van der Waals surface area contributed by atoms with E-state index in [2.05, 4.69) is 4.84 Å². The number of rotatable bonds is 5. The monoisotopic (exact) mass is 286 g/mol. The summed E-state index contributed by atoms with van der Waals surface area (Å²) in [5, 5.41) is 32.4. The maximum Gasteiger partial charge on any atom is 0.723 e. The molecule has 0 fully saturated rings. The van der Waals surface area contributed by atoms with Crippen molar-refractivity contribution in [1.29, 1.82) is 0 Å². The molecule has 1 rings (SSSR count). The Bertz CT molecular complexity index is 375. The van der Waals surface area contributed by atoms with Crippen LogP contribution in [0.4, 0.5) is 0 Å². The molecule has 0 saturated carbocycles. The largest absolute Gasteiger partial charge is 1.00 e. The summed E-state index contributed by atoms with van der Waals surface area (Å²) in [6.07, 6.45) is 0.964. The highest BCUT2D eigenvalue weighted by Crippen LogP contribution is 2.14. The Labute approximate surface area is 104 Å². The summed E-state index contributed by atoms with van der Waals surface area (Å²) in [5.74, 6) is -3.75. The van der Waals surface area contributed by atoms with Gasteiger partial charge < -0.3 is 18.1 Å². The van der Waals surface area contributed by atoms with E-state index in [0.717, 1.165) is 16.8 Å². The summed E-state index contributed by atoms with van der Waals surface area (Å²) >= 11 is 0. The van der Waals surface area contributed by atoms with Crippen molar-refractivity contribution in [3.8, 4) is 0 Å². The van der Waals surface area contributed by atoms with Crippen molar-refractivity contribution in [2.75, 3.05) is 6.54 Å². The van der Waals surface area contributed by atoms with Gasteiger partial charge in [-0.05, 0) is 0 Å². The van der Waals surface area contributed by atoms with Gasteiger partial charge in [-0.1, -0.05) is 5.59 Å². The molecule has 4 N–H and O–H groups in total. The second-order valence-corrected chi connectivity index (χ2v) is 2.97. The van der Waals surface area contributed by atoms with E-state index in [4.69, 9.17) is 5.73 Å². The number of hydrogen-bond donors (Lipinski definition) is 2. The van der Waals surface area contributed by atoms with E-state index >= 15 is 0 Å². The molecule has 0 atom stereocenters. The molecule has 0 unspecified atom stereocenters. The lowest BCUT2D eigenvalue weighted by Crippen LogP contribution is -3.00. The van der Waals surface area contributed by atoms with Crippen LogP contribution in [0.5, 0.6) is 0 Å². The number of nitro groups is 3. The Hall–Kier alpha value is -2.41. The van der Waals surface area contributed by atoms with Crippen LogP contribution in [0.1, 0.15) is 0 Å². The molecule has 13 nitrogen and oxygen atoms in total. The van der Waals surface area contributed by atoms with Crippen LogP contribution in [-0.4, -0.2) is 32.1 Å². The van der Waals surface area contributed by atoms with E-state index in [0.29, 0.717) is 0 Å². The standard InChI is InChI=1S/C4H6N6O7.ClH/c5-3-1-7(6-17-3)2-4(8(11)12,9(13)14)10(15)16;/h1,6H,2,5H2;1H. The van der Waals surface area contributed by atoms with Gasteiger partial charge in [0.25, 0.3) is 12.4 Å². The molecule has 0 aromatic heterocycles. The summed E-state index contributed by atoms with van der Waals surface area (Å²) in [5.41, 5.74) is 5.93. The summed E-state index contributed by atoms with van der Waals surface area (Å²) in [7, 11) is 0. The first kappa shape index (κ1) is 15.6. The number of quaternary nitrogens is 1. The zero-order valence-electron chi connectivity index (χ0n) is 8.46. The van der Waals surface area contributed by atoms with E-state index in [-0.39, 0.29) is 18.3 Å². The Morgan fingerprint density at radius 2 is 1.72 bits per heavy atom. The van der Waals surface area contributed by atoms with Gasteiger partial charge in [0, 0.05) is 0 Å². The Morgan fingerprint density at radius 3 is 2.00 bits per heavy atom. The molecule has 1 aliphatic heterocycles. The maximum atomic E-state index is 10.6. The van der Waals surface area contributed by atoms with Crippen molar-refractivity contribution in [2.45, 2.75) is 5.79 Å². The molecule has 0 aliphatic carbocycles. The van der Waals surface area contributed by atoms with Crippen LogP contribution in [0, 0.1) is 30.3 Å². The summed E-state index contributed by atoms with van der Waals surface area (Å²) in [6.45, 7) is -1.14. The van der Waals surface area contributed by atoms with Gasteiger partial charge in [0.2, 0.25) is 0 Å². The fourth-order valence-corrected chi connectivity index (χ4v) is 1.05. The Morgan fingerprint density at radius 1 is 1.28 bits per heavy atom. The fourth-order valence-electron chi connectivity index (χ4n) is 1.05. The lowest BCUT2D eigenvalue weighted by molar-refractivity contribution is -1.01. The predicted molar refractivity (Wildman–Crippen MR) is 45.7 cm³/mol. The molecule has 0 aromatic rings. The molecule has 0 spiro atoms. The third-order valence-electron chi connectivity index (χ3n) is 1.89. The summed E-state index contributed by atoms with van der Waals surface area (Å²) < 4.78 is 0.